The Hall–Kier alpha value is -1.51. The van der Waals surface area contributed by atoms with Crippen LogP contribution in [0.1, 0.15) is 54.8 Å². The van der Waals surface area contributed by atoms with E-state index in [1.807, 2.05) is 0 Å². The molecule has 1 atom stereocenters. The van der Waals surface area contributed by atoms with E-state index in [4.69, 9.17) is 4.74 Å². The fourth-order valence-corrected chi connectivity index (χ4v) is 3.40. The van der Waals surface area contributed by atoms with Gasteiger partial charge in [-0.25, -0.2) is 0 Å². The topological polar surface area (TPSA) is 29.5 Å². The molecule has 112 valence electrons. The molecular formula is C18H23NO2. The maximum absolute atomic E-state index is 12.7. The van der Waals surface area contributed by atoms with E-state index in [-0.39, 0.29) is 6.04 Å². The zero-order chi connectivity index (χ0) is 14.6. The number of rotatable bonds is 3. The van der Waals surface area contributed by atoms with E-state index in [1.54, 1.807) is 0 Å². The average Bonchev–Trinajstić information content (AvgIpc) is 3.34. The van der Waals surface area contributed by atoms with E-state index < -0.39 is 0 Å². The van der Waals surface area contributed by atoms with Crippen molar-refractivity contribution in [1.29, 1.82) is 0 Å². The minimum atomic E-state index is 0.230. The van der Waals surface area contributed by atoms with E-state index >= 15 is 0 Å². The Bertz CT molecular complexity index is 587. The van der Waals surface area contributed by atoms with Gasteiger partial charge in [-0.05, 0) is 56.7 Å². The van der Waals surface area contributed by atoms with Gasteiger partial charge < -0.3 is 9.64 Å². The molecule has 21 heavy (non-hydrogen) atoms. The highest BCUT2D eigenvalue weighted by atomic mass is 16.5. The van der Waals surface area contributed by atoms with Crippen molar-refractivity contribution in [2.45, 2.75) is 58.0 Å². The lowest BCUT2D eigenvalue weighted by atomic mass is 9.94. The van der Waals surface area contributed by atoms with Gasteiger partial charge in [0.05, 0.1) is 12.6 Å². The van der Waals surface area contributed by atoms with Crippen molar-refractivity contribution >= 4 is 5.91 Å². The van der Waals surface area contributed by atoms with Gasteiger partial charge in [0.1, 0.15) is 5.75 Å². The second-order valence-corrected chi connectivity index (χ2v) is 6.88. The van der Waals surface area contributed by atoms with E-state index in [0.717, 1.165) is 31.6 Å². The van der Waals surface area contributed by atoms with Crippen LogP contribution in [0.2, 0.25) is 0 Å². The summed E-state index contributed by atoms with van der Waals surface area (Å²) in [4.78, 5) is 14.9. The van der Waals surface area contributed by atoms with Crippen molar-refractivity contribution < 1.29 is 9.53 Å². The summed E-state index contributed by atoms with van der Waals surface area (Å²) < 4.78 is 5.86. The molecule has 2 fully saturated rings. The molecule has 1 amide bonds. The molecule has 0 spiro atoms. The van der Waals surface area contributed by atoms with Gasteiger partial charge >= 0.3 is 0 Å². The number of benzene rings is 1. The van der Waals surface area contributed by atoms with Crippen LogP contribution >= 0.6 is 0 Å². The number of carbonyl (C=O) groups is 1. The lowest BCUT2D eigenvalue weighted by molar-refractivity contribution is -0.136. The Morgan fingerprint density at radius 1 is 1.10 bits per heavy atom. The highest BCUT2D eigenvalue weighted by Gasteiger charge is 2.44. The molecule has 1 aromatic carbocycles. The summed E-state index contributed by atoms with van der Waals surface area (Å²) in [5.74, 6) is 1.70. The second kappa shape index (κ2) is 4.75. The van der Waals surface area contributed by atoms with Gasteiger partial charge in [-0.2, -0.15) is 0 Å². The second-order valence-electron chi connectivity index (χ2n) is 6.88. The molecule has 1 aliphatic heterocycles. The smallest absolute Gasteiger partial charge is 0.226 e. The minimum Gasteiger partial charge on any atom is -0.493 e. The van der Waals surface area contributed by atoms with Crippen LogP contribution in [0.5, 0.6) is 5.75 Å². The van der Waals surface area contributed by atoms with Crippen LogP contribution in [0.15, 0.2) is 12.1 Å². The van der Waals surface area contributed by atoms with Gasteiger partial charge in [0.2, 0.25) is 5.91 Å². The summed E-state index contributed by atoms with van der Waals surface area (Å²) in [6.45, 7) is 4.99. The first kappa shape index (κ1) is 13.2. The molecule has 1 aromatic rings. The van der Waals surface area contributed by atoms with Gasteiger partial charge in [-0.3, -0.25) is 4.79 Å². The highest BCUT2D eigenvalue weighted by Crippen LogP contribution is 2.45. The van der Waals surface area contributed by atoms with E-state index in [2.05, 4.69) is 30.9 Å². The number of hydrogen-bond acceptors (Lipinski definition) is 2. The first-order valence-corrected chi connectivity index (χ1v) is 8.21. The van der Waals surface area contributed by atoms with Crippen molar-refractivity contribution in [2.75, 3.05) is 6.61 Å². The molecule has 0 radical (unpaired) electrons. The Morgan fingerprint density at radius 2 is 1.81 bits per heavy atom. The monoisotopic (exact) mass is 285 g/mol. The van der Waals surface area contributed by atoms with E-state index in [1.165, 1.54) is 29.5 Å². The molecule has 1 heterocycles. The number of fused-ring (bicyclic) bond motifs is 1. The predicted molar refractivity (Wildman–Crippen MR) is 81.4 cm³/mol. The van der Waals surface area contributed by atoms with Crippen LogP contribution in [0.25, 0.3) is 0 Å². The van der Waals surface area contributed by atoms with Crippen LogP contribution in [0.3, 0.4) is 0 Å². The third-order valence-corrected chi connectivity index (χ3v) is 5.09. The molecular weight excluding hydrogens is 262 g/mol. The summed E-state index contributed by atoms with van der Waals surface area (Å²) >= 11 is 0. The van der Waals surface area contributed by atoms with Gasteiger partial charge in [0.25, 0.3) is 0 Å². The Kier molecular flexibility index (Phi) is 2.98. The van der Waals surface area contributed by atoms with Crippen LogP contribution < -0.4 is 4.74 Å². The molecule has 0 bridgehead atoms. The Labute approximate surface area is 126 Å². The zero-order valence-electron chi connectivity index (χ0n) is 12.9. The SMILES string of the molecule is Cc1cc2c(cc1C)C(N(C(=O)C1CC1)C1CC1)CCO2. The molecule has 0 N–H and O–H groups in total. The van der Waals surface area contributed by atoms with Crippen molar-refractivity contribution in [3.8, 4) is 5.75 Å². The molecule has 3 nitrogen and oxygen atoms in total. The van der Waals surface area contributed by atoms with Gasteiger partial charge in [0.15, 0.2) is 0 Å². The maximum Gasteiger partial charge on any atom is 0.226 e. The number of carbonyl (C=O) groups excluding carboxylic acids is 1. The number of amides is 1. The third-order valence-electron chi connectivity index (χ3n) is 5.09. The van der Waals surface area contributed by atoms with Gasteiger partial charge in [-0.1, -0.05) is 6.07 Å². The number of nitrogens with zero attached hydrogens (tertiary/aromatic N) is 1. The van der Waals surface area contributed by atoms with E-state index in [9.17, 15) is 4.79 Å². The van der Waals surface area contributed by atoms with Crippen LogP contribution in [-0.2, 0) is 4.79 Å². The molecule has 0 saturated heterocycles. The Morgan fingerprint density at radius 3 is 2.48 bits per heavy atom. The summed E-state index contributed by atoms with van der Waals surface area (Å²) in [7, 11) is 0. The standard InChI is InChI=1S/C18H23NO2/c1-11-9-15-16(7-8-21-17(15)10-12(11)2)19(14-5-6-14)18(20)13-3-4-13/h9-10,13-14,16H,3-8H2,1-2H3. The first-order chi connectivity index (χ1) is 10.1. The van der Waals surface area contributed by atoms with Crippen LogP contribution in [0.4, 0.5) is 0 Å². The first-order valence-electron chi connectivity index (χ1n) is 8.21. The van der Waals surface area contributed by atoms with Gasteiger partial charge in [0, 0.05) is 23.9 Å². The van der Waals surface area contributed by atoms with Crippen LogP contribution in [-0.4, -0.2) is 23.5 Å². The number of ether oxygens (including phenoxy) is 1. The summed E-state index contributed by atoms with van der Waals surface area (Å²) in [6.07, 6.45) is 5.46. The number of hydrogen-bond donors (Lipinski definition) is 0. The lowest BCUT2D eigenvalue weighted by Gasteiger charge is -2.36. The molecule has 3 aliphatic rings. The third kappa shape index (κ3) is 2.33. The van der Waals surface area contributed by atoms with Gasteiger partial charge in [-0.15, -0.1) is 0 Å². The van der Waals surface area contributed by atoms with Crippen molar-refractivity contribution in [1.82, 2.24) is 4.90 Å². The van der Waals surface area contributed by atoms with Crippen molar-refractivity contribution in [2.24, 2.45) is 5.92 Å². The average molecular weight is 285 g/mol. The lowest BCUT2D eigenvalue weighted by Crippen LogP contribution is -2.40. The number of aryl methyl sites for hydroxylation is 2. The molecule has 2 saturated carbocycles. The normalized spacial score (nSPS) is 24.2. The Balaban J connectivity index is 1.71. The maximum atomic E-state index is 12.7. The summed E-state index contributed by atoms with van der Waals surface area (Å²) in [5.41, 5.74) is 3.78. The highest BCUT2D eigenvalue weighted by molar-refractivity contribution is 5.82. The summed E-state index contributed by atoms with van der Waals surface area (Å²) in [6, 6.07) is 5.09. The van der Waals surface area contributed by atoms with Crippen LogP contribution in [0, 0.1) is 19.8 Å². The van der Waals surface area contributed by atoms with E-state index in [0.29, 0.717) is 17.9 Å². The molecule has 4 rings (SSSR count). The fourth-order valence-electron chi connectivity index (χ4n) is 3.40. The zero-order valence-corrected chi connectivity index (χ0v) is 12.9. The largest absolute Gasteiger partial charge is 0.493 e. The fraction of sp³-hybridized carbons (Fsp3) is 0.611. The molecule has 3 heteroatoms. The summed E-state index contributed by atoms with van der Waals surface area (Å²) in [5, 5.41) is 0. The van der Waals surface area contributed by atoms with Crippen molar-refractivity contribution in [3.05, 3.63) is 28.8 Å². The molecule has 1 unspecified atom stereocenters. The van der Waals surface area contributed by atoms with Crippen molar-refractivity contribution in [3.63, 3.8) is 0 Å². The quantitative estimate of drug-likeness (QED) is 0.850. The molecule has 2 aliphatic carbocycles. The predicted octanol–water partition coefficient (Wildman–Crippen LogP) is 3.53. The molecule has 0 aromatic heterocycles. The minimum absolute atomic E-state index is 0.230.